The molecule has 0 amide bonds. The number of rotatable bonds is 6. The molecule has 24 heavy (non-hydrogen) atoms. The van der Waals surface area contributed by atoms with Gasteiger partial charge in [0.15, 0.2) is 0 Å². The van der Waals surface area contributed by atoms with Crippen LogP contribution in [0.25, 0.3) is 0 Å². The first-order valence-electron chi connectivity index (χ1n) is 9.08. The van der Waals surface area contributed by atoms with E-state index >= 15 is 0 Å². The van der Waals surface area contributed by atoms with E-state index in [2.05, 4.69) is 76.8 Å². The average Bonchev–Trinajstić information content (AvgIpc) is 2.93. The van der Waals surface area contributed by atoms with Gasteiger partial charge in [0.1, 0.15) is 5.82 Å². The molecule has 0 fully saturated rings. The number of hydrogen-bond acceptors (Lipinski definition) is 3. The maximum Gasteiger partial charge on any atom is 0.122 e. The summed E-state index contributed by atoms with van der Waals surface area (Å²) in [5.41, 5.74) is 1.42. The molecule has 2 heterocycles. The lowest BCUT2D eigenvalue weighted by Crippen LogP contribution is -2.38. The molecular formula is C20H30N4. The first-order valence-corrected chi connectivity index (χ1v) is 9.08. The number of imidazole rings is 1. The van der Waals surface area contributed by atoms with E-state index in [1.54, 1.807) is 0 Å². The molecule has 2 aromatic rings. The molecule has 0 saturated carbocycles. The summed E-state index contributed by atoms with van der Waals surface area (Å²) >= 11 is 0. The molecule has 1 unspecified atom stereocenters. The van der Waals surface area contributed by atoms with E-state index in [4.69, 9.17) is 0 Å². The lowest BCUT2D eigenvalue weighted by molar-refractivity contribution is 0.171. The monoisotopic (exact) mass is 326 g/mol. The Hall–Kier alpha value is -1.65. The number of benzene rings is 1. The normalized spacial score (nSPS) is 18.8. The standard InChI is InChI=1S/C20H30N4/c1-17(2)22(3)13-19-14-23(11-9-18-7-5-4-6-8-18)16-20-21-10-12-24(20)15-19/h4-8,10,12,17,19H,9,11,13-16H2,1-3H3. The van der Waals surface area contributed by atoms with Crippen LogP contribution in [0.4, 0.5) is 0 Å². The van der Waals surface area contributed by atoms with Crippen LogP contribution in [0.1, 0.15) is 25.2 Å². The fourth-order valence-electron chi connectivity index (χ4n) is 3.46. The van der Waals surface area contributed by atoms with Crippen LogP contribution in [-0.4, -0.2) is 52.1 Å². The lowest BCUT2D eigenvalue weighted by Gasteiger charge is -2.29. The molecular weight excluding hydrogens is 296 g/mol. The van der Waals surface area contributed by atoms with Gasteiger partial charge in [0.2, 0.25) is 0 Å². The van der Waals surface area contributed by atoms with Gasteiger partial charge in [0, 0.05) is 50.5 Å². The molecule has 4 nitrogen and oxygen atoms in total. The van der Waals surface area contributed by atoms with E-state index in [1.807, 2.05) is 6.20 Å². The summed E-state index contributed by atoms with van der Waals surface area (Å²) in [5.74, 6) is 1.85. The highest BCUT2D eigenvalue weighted by Gasteiger charge is 2.23. The van der Waals surface area contributed by atoms with Crippen LogP contribution in [-0.2, 0) is 19.5 Å². The summed E-state index contributed by atoms with van der Waals surface area (Å²) in [7, 11) is 2.23. The van der Waals surface area contributed by atoms with Gasteiger partial charge in [0.25, 0.3) is 0 Å². The molecule has 1 atom stereocenters. The van der Waals surface area contributed by atoms with Gasteiger partial charge in [-0.05, 0) is 32.9 Å². The minimum Gasteiger partial charge on any atom is -0.333 e. The van der Waals surface area contributed by atoms with Gasteiger partial charge in [-0.25, -0.2) is 4.98 Å². The summed E-state index contributed by atoms with van der Waals surface area (Å²) in [4.78, 5) is 9.62. The van der Waals surface area contributed by atoms with Gasteiger partial charge in [-0.3, -0.25) is 4.90 Å². The van der Waals surface area contributed by atoms with Crippen LogP contribution in [0, 0.1) is 5.92 Å². The molecule has 1 aromatic carbocycles. The summed E-state index contributed by atoms with van der Waals surface area (Å²) < 4.78 is 2.35. The Balaban J connectivity index is 1.67. The maximum atomic E-state index is 4.58. The van der Waals surface area contributed by atoms with Gasteiger partial charge < -0.3 is 9.47 Å². The smallest absolute Gasteiger partial charge is 0.122 e. The van der Waals surface area contributed by atoms with E-state index in [-0.39, 0.29) is 0 Å². The van der Waals surface area contributed by atoms with Crippen LogP contribution in [0.2, 0.25) is 0 Å². The summed E-state index contributed by atoms with van der Waals surface area (Å²) in [6.45, 7) is 9.96. The second-order valence-electron chi connectivity index (χ2n) is 7.37. The molecule has 1 aromatic heterocycles. The van der Waals surface area contributed by atoms with Crippen LogP contribution in [0.3, 0.4) is 0 Å². The predicted octanol–water partition coefficient (Wildman–Crippen LogP) is 2.90. The van der Waals surface area contributed by atoms with E-state index in [1.165, 1.54) is 11.4 Å². The van der Waals surface area contributed by atoms with Gasteiger partial charge in [-0.2, -0.15) is 0 Å². The van der Waals surface area contributed by atoms with Crippen LogP contribution in [0.15, 0.2) is 42.7 Å². The third kappa shape index (κ3) is 4.46. The van der Waals surface area contributed by atoms with Crippen molar-refractivity contribution >= 4 is 0 Å². The molecule has 4 heteroatoms. The van der Waals surface area contributed by atoms with Crippen LogP contribution < -0.4 is 0 Å². The van der Waals surface area contributed by atoms with Crippen LogP contribution >= 0.6 is 0 Å². The highest BCUT2D eigenvalue weighted by atomic mass is 15.2. The summed E-state index contributed by atoms with van der Waals surface area (Å²) in [6, 6.07) is 11.4. The van der Waals surface area contributed by atoms with Crippen molar-refractivity contribution in [3.05, 3.63) is 54.1 Å². The highest BCUT2D eigenvalue weighted by molar-refractivity contribution is 5.15. The highest BCUT2D eigenvalue weighted by Crippen LogP contribution is 2.17. The third-order valence-corrected chi connectivity index (χ3v) is 5.13. The number of fused-ring (bicyclic) bond motifs is 1. The Morgan fingerprint density at radius 1 is 1.21 bits per heavy atom. The zero-order valence-corrected chi connectivity index (χ0v) is 15.2. The molecule has 0 spiro atoms. The lowest BCUT2D eigenvalue weighted by atomic mass is 10.1. The third-order valence-electron chi connectivity index (χ3n) is 5.13. The van der Waals surface area contributed by atoms with Gasteiger partial charge in [-0.15, -0.1) is 0 Å². The topological polar surface area (TPSA) is 24.3 Å². The second-order valence-corrected chi connectivity index (χ2v) is 7.37. The fraction of sp³-hybridized carbons (Fsp3) is 0.550. The van der Waals surface area contributed by atoms with Crippen molar-refractivity contribution in [3.63, 3.8) is 0 Å². The van der Waals surface area contributed by atoms with Crippen molar-refractivity contribution in [2.24, 2.45) is 5.92 Å². The Kier molecular flexibility index (Phi) is 5.69. The van der Waals surface area contributed by atoms with Crippen molar-refractivity contribution in [2.75, 3.05) is 26.7 Å². The van der Waals surface area contributed by atoms with Crippen molar-refractivity contribution in [2.45, 2.75) is 39.4 Å². The molecule has 0 aliphatic carbocycles. The Morgan fingerprint density at radius 3 is 2.75 bits per heavy atom. The largest absolute Gasteiger partial charge is 0.333 e. The minimum atomic E-state index is 0.591. The number of aromatic nitrogens is 2. The molecule has 130 valence electrons. The Labute approximate surface area is 146 Å². The van der Waals surface area contributed by atoms with E-state index < -0.39 is 0 Å². The molecule has 0 bridgehead atoms. The van der Waals surface area contributed by atoms with E-state index in [9.17, 15) is 0 Å². The average molecular weight is 326 g/mol. The van der Waals surface area contributed by atoms with Crippen molar-refractivity contribution in [1.29, 1.82) is 0 Å². The first-order chi connectivity index (χ1) is 11.6. The predicted molar refractivity (Wildman–Crippen MR) is 98.9 cm³/mol. The van der Waals surface area contributed by atoms with Crippen molar-refractivity contribution in [3.8, 4) is 0 Å². The summed E-state index contributed by atoms with van der Waals surface area (Å²) in [6.07, 6.45) is 5.19. The van der Waals surface area contributed by atoms with E-state index in [0.29, 0.717) is 12.0 Å². The SMILES string of the molecule is CC(C)N(C)CC1CN(CCc2ccccc2)Cc2nccn2C1. The Morgan fingerprint density at radius 2 is 2.00 bits per heavy atom. The molecule has 0 N–H and O–H groups in total. The molecule has 3 rings (SSSR count). The Bertz CT molecular complexity index is 620. The van der Waals surface area contributed by atoms with Crippen molar-refractivity contribution in [1.82, 2.24) is 19.4 Å². The van der Waals surface area contributed by atoms with Gasteiger partial charge >= 0.3 is 0 Å². The van der Waals surface area contributed by atoms with Gasteiger partial charge in [-0.1, -0.05) is 30.3 Å². The molecule has 0 radical (unpaired) electrons. The zero-order valence-electron chi connectivity index (χ0n) is 15.2. The summed E-state index contributed by atoms with van der Waals surface area (Å²) in [5, 5.41) is 0. The quantitative estimate of drug-likeness (QED) is 0.816. The van der Waals surface area contributed by atoms with E-state index in [0.717, 1.165) is 39.1 Å². The van der Waals surface area contributed by atoms with Crippen molar-refractivity contribution < 1.29 is 0 Å². The fourth-order valence-corrected chi connectivity index (χ4v) is 3.46. The molecule has 0 saturated heterocycles. The minimum absolute atomic E-state index is 0.591. The number of nitrogens with zero attached hydrogens (tertiary/aromatic N) is 4. The second kappa shape index (κ2) is 7.95. The van der Waals surface area contributed by atoms with Gasteiger partial charge in [0.05, 0.1) is 6.54 Å². The molecule has 1 aliphatic rings. The molecule has 1 aliphatic heterocycles. The number of hydrogen-bond donors (Lipinski definition) is 0. The maximum absolute atomic E-state index is 4.58. The zero-order chi connectivity index (χ0) is 16.9. The van der Waals surface area contributed by atoms with Crippen LogP contribution in [0.5, 0.6) is 0 Å². The first kappa shape index (κ1) is 17.2.